The quantitative estimate of drug-likeness (QED) is 0.726. The van der Waals surface area contributed by atoms with E-state index in [0.29, 0.717) is 17.9 Å². The van der Waals surface area contributed by atoms with Gasteiger partial charge in [-0.1, -0.05) is 54.6 Å². The van der Waals surface area contributed by atoms with Crippen LogP contribution < -0.4 is 10.2 Å². The van der Waals surface area contributed by atoms with E-state index in [-0.39, 0.29) is 0 Å². The lowest BCUT2D eigenvalue weighted by Crippen LogP contribution is -2.43. The van der Waals surface area contributed by atoms with Crippen LogP contribution in [0.15, 0.2) is 60.7 Å². The maximum Gasteiger partial charge on any atom is 0.225 e. The Balaban J connectivity index is 1.42. The third-order valence-corrected chi connectivity index (χ3v) is 5.81. The van der Waals surface area contributed by atoms with Crippen molar-refractivity contribution in [3.8, 4) is 0 Å². The highest BCUT2D eigenvalue weighted by Crippen LogP contribution is 2.47. The second-order valence-corrected chi connectivity index (χ2v) is 7.60. The van der Waals surface area contributed by atoms with E-state index >= 15 is 0 Å². The molecule has 0 radical (unpaired) electrons. The minimum atomic E-state index is 0.433. The molecular weight excluding hydrogens is 332 g/mol. The highest BCUT2D eigenvalue weighted by Gasteiger charge is 2.38. The normalized spacial score (nSPS) is 20.4. The molecule has 1 N–H and O–H groups in total. The molecule has 4 heteroatoms. The molecule has 1 saturated heterocycles. The Labute approximate surface area is 160 Å². The van der Waals surface area contributed by atoms with Crippen LogP contribution >= 0.6 is 0 Å². The summed E-state index contributed by atoms with van der Waals surface area (Å²) in [6, 6.07) is 21.9. The number of nitrogens with zero attached hydrogens (tertiary/aromatic N) is 3. The van der Waals surface area contributed by atoms with Crippen molar-refractivity contribution in [2.45, 2.75) is 38.3 Å². The maximum atomic E-state index is 4.87. The third-order valence-electron chi connectivity index (χ3n) is 5.81. The SMILES string of the molecule is Cc1cc(N2C[C@H]3CC[C@H]2c2ccccc23)nc(NCc2ccccc2)n1. The molecule has 1 aromatic heterocycles. The zero-order valence-corrected chi connectivity index (χ0v) is 15.6. The number of piperidine rings is 1. The van der Waals surface area contributed by atoms with Gasteiger partial charge in [-0.15, -0.1) is 0 Å². The molecule has 2 aliphatic heterocycles. The minimum Gasteiger partial charge on any atom is -0.350 e. The van der Waals surface area contributed by atoms with Gasteiger partial charge in [0, 0.05) is 30.8 Å². The van der Waals surface area contributed by atoms with Crippen LogP contribution in [0.3, 0.4) is 0 Å². The molecule has 0 spiro atoms. The van der Waals surface area contributed by atoms with Gasteiger partial charge < -0.3 is 10.2 Å². The molecule has 6 rings (SSSR count). The first kappa shape index (κ1) is 16.3. The molecule has 0 saturated carbocycles. The Kier molecular flexibility index (Phi) is 4.04. The molecule has 3 heterocycles. The summed E-state index contributed by atoms with van der Waals surface area (Å²) < 4.78 is 0. The number of nitrogens with one attached hydrogen (secondary N) is 1. The highest BCUT2D eigenvalue weighted by molar-refractivity contribution is 5.53. The van der Waals surface area contributed by atoms with Crippen LogP contribution in [0.1, 0.15) is 47.2 Å². The number of rotatable bonds is 4. The van der Waals surface area contributed by atoms with E-state index in [2.05, 4.69) is 76.7 Å². The van der Waals surface area contributed by atoms with Gasteiger partial charge in [0.2, 0.25) is 5.95 Å². The number of hydrogen-bond donors (Lipinski definition) is 1. The first-order valence-electron chi connectivity index (χ1n) is 9.77. The Morgan fingerprint density at radius 1 is 0.963 bits per heavy atom. The Morgan fingerprint density at radius 3 is 2.59 bits per heavy atom. The van der Waals surface area contributed by atoms with Crippen molar-refractivity contribution in [3.63, 3.8) is 0 Å². The zero-order valence-electron chi connectivity index (χ0n) is 15.6. The van der Waals surface area contributed by atoms with E-state index in [0.717, 1.165) is 24.6 Å². The number of fused-ring (bicyclic) bond motifs is 2. The molecule has 2 aromatic carbocycles. The van der Waals surface area contributed by atoms with Crippen LogP contribution in [0, 0.1) is 6.92 Å². The van der Waals surface area contributed by atoms with Crippen molar-refractivity contribution in [3.05, 3.63) is 83.0 Å². The summed E-state index contributed by atoms with van der Waals surface area (Å²) in [5.74, 6) is 2.37. The number of aryl methyl sites for hydroxylation is 1. The third kappa shape index (κ3) is 3.05. The highest BCUT2D eigenvalue weighted by atomic mass is 15.3. The van der Waals surface area contributed by atoms with Crippen molar-refractivity contribution in [1.29, 1.82) is 0 Å². The second-order valence-electron chi connectivity index (χ2n) is 7.60. The van der Waals surface area contributed by atoms with Gasteiger partial charge in [0.15, 0.2) is 0 Å². The fraction of sp³-hybridized carbons (Fsp3) is 0.304. The standard InChI is InChI=1S/C23H24N4/c1-16-13-22(26-23(25-16)24-14-17-7-3-2-4-8-17)27-15-18-11-12-21(27)20-10-6-5-9-19(18)20/h2-10,13,18,21H,11-12,14-15H2,1H3,(H,24,25,26)/t18-,21+/m1/s1. The summed E-state index contributed by atoms with van der Waals surface area (Å²) in [7, 11) is 0. The van der Waals surface area contributed by atoms with Gasteiger partial charge in [0.1, 0.15) is 5.82 Å². The van der Waals surface area contributed by atoms with Gasteiger partial charge in [-0.3, -0.25) is 0 Å². The van der Waals surface area contributed by atoms with Crippen LogP contribution in [-0.2, 0) is 6.54 Å². The molecule has 3 aliphatic rings. The van der Waals surface area contributed by atoms with Crippen molar-refractivity contribution < 1.29 is 0 Å². The zero-order chi connectivity index (χ0) is 18.2. The van der Waals surface area contributed by atoms with Crippen molar-refractivity contribution in [1.82, 2.24) is 9.97 Å². The van der Waals surface area contributed by atoms with Gasteiger partial charge >= 0.3 is 0 Å². The topological polar surface area (TPSA) is 41.1 Å². The van der Waals surface area contributed by atoms with E-state index in [1.54, 1.807) is 5.56 Å². The summed E-state index contributed by atoms with van der Waals surface area (Å²) in [6.45, 7) is 3.84. The van der Waals surface area contributed by atoms with Gasteiger partial charge in [-0.2, -0.15) is 4.98 Å². The van der Waals surface area contributed by atoms with Crippen LogP contribution in [0.5, 0.6) is 0 Å². The van der Waals surface area contributed by atoms with E-state index in [1.165, 1.54) is 24.0 Å². The summed E-state index contributed by atoms with van der Waals surface area (Å²) in [5, 5.41) is 3.40. The molecule has 27 heavy (non-hydrogen) atoms. The summed E-state index contributed by atoms with van der Waals surface area (Å²) in [5.41, 5.74) is 5.26. The summed E-state index contributed by atoms with van der Waals surface area (Å²) in [4.78, 5) is 12.0. The summed E-state index contributed by atoms with van der Waals surface area (Å²) >= 11 is 0. The van der Waals surface area contributed by atoms with E-state index < -0.39 is 0 Å². The van der Waals surface area contributed by atoms with Crippen LogP contribution in [0.2, 0.25) is 0 Å². The van der Waals surface area contributed by atoms with Crippen LogP contribution in [0.4, 0.5) is 11.8 Å². The molecule has 3 aromatic rings. The molecule has 4 nitrogen and oxygen atoms in total. The van der Waals surface area contributed by atoms with Gasteiger partial charge in [-0.25, -0.2) is 4.98 Å². The van der Waals surface area contributed by atoms with Crippen molar-refractivity contribution in [2.75, 3.05) is 16.8 Å². The van der Waals surface area contributed by atoms with Gasteiger partial charge in [0.05, 0.1) is 6.04 Å². The molecular formula is C23H24N4. The molecule has 2 bridgehead atoms. The molecule has 136 valence electrons. The average Bonchev–Trinajstić information content (AvgIpc) is 2.73. The Morgan fingerprint density at radius 2 is 1.74 bits per heavy atom. The average molecular weight is 356 g/mol. The number of anilines is 2. The molecule has 0 amide bonds. The maximum absolute atomic E-state index is 4.87. The predicted molar refractivity (Wildman–Crippen MR) is 109 cm³/mol. The fourth-order valence-corrected chi connectivity index (χ4v) is 4.54. The molecule has 1 fully saturated rings. The van der Waals surface area contributed by atoms with Crippen molar-refractivity contribution >= 4 is 11.8 Å². The lowest BCUT2D eigenvalue weighted by molar-refractivity contribution is 0.387. The smallest absolute Gasteiger partial charge is 0.225 e. The van der Waals surface area contributed by atoms with Crippen molar-refractivity contribution in [2.24, 2.45) is 0 Å². The van der Waals surface area contributed by atoms with E-state index in [4.69, 9.17) is 4.98 Å². The number of benzene rings is 2. The Hall–Kier alpha value is -2.88. The lowest BCUT2D eigenvalue weighted by atomic mass is 9.75. The van der Waals surface area contributed by atoms with Gasteiger partial charge in [-0.05, 0) is 36.5 Å². The minimum absolute atomic E-state index is 0.433. The van der Waals surface area contributed by atoms with E-state index in [1.807, 2.05) is 6.07 Å². The predicted octanol–water partition coefficient (Wildman–Crippen LogP) is 4.84. The Bertz CT molecular complexity index is 954. The molecule has 2 atom stereocenters. The lowest BCUT2D eigenvalue weighted by Gasteiger charge is -2.47. The monoisotopic (exact) mass is 356 g/mol. The molecule has 1 aliphatic carbocycles. The van der Waals surface area contributed by atoms with Crippen LogP contribution in [0.25, 0.3) is 0 Å². The fourth-order valence-electron chi connectivity index (χ4n) is 4.54. The van der Waals surface area contributed by atoms with E-state index in [9.17, 15) is 0 Å². The number of hydrogen-bond acceptors (Lipinski definition) is 4. The first-order valence-corrected chi connectivity index (χ1v) is 9.77. The summed E-state index contributed by atoms with van der Waals surface area (Å²) in [6.07, 6.45) is 2.48. The largest absolute Gasteiger partial charge is 0.350 e. The van der Waals surface area contributed by atoms with Crippen LogP contribution in [-0.4, -0.2) is 16.5 Å². The second kappa shape index (κ2) is 6.69. The molecule has 0 unspecified atom stereocenters. The first-order chi connectivity index (χ1) is 13.3. The van der Waals surface area contributed by atoms with Gasteiger partial charge in [0.25, 0.3) is 0 Å². The number of aromatic nitrogens is 2.